The van der Waals surface area contributed by atoms with E-state index in [2.05, 4.69) is 19.2 Å². The van der Waals surface area contributed by atoms with Crippen molar-refractivity contribution in [1.29, 1.82) is 0 Å². The maximum Gasteiger partial charge on any atom is 0.252 e. The zero-order valence-electron chi connectivity index (χ0n) is 8.24. The molecule has 0 radical (unpaired) electrons. The molecule has 1 amide bonds. The molecule has 1 aromatic carbocycles. The van der Waals surface area contributed by atoms with E-state index in [4.69, 9.17) is 0 Å². The van der Waals surface area contributed by atoms with Crippen molar-refractivity contribution in [2.75, 3.05) is 0 Å². The summed E-state index contributed by atoms with van der Waals surface area (Å²) in [5.74, 6) is 0.419. The van der Waals surface area contributed by atoms with Crippen molar-refractivity contribution in [2.45, 2.75) is 19.9 Å². The molecule has 0 saturated carbocycles. The van der Waals surface area contributed by atoms with Crippen molar-refractivity contribution in [3.05, 3.63) is 29.3 Å². The van der Waals surface area contributed by atoms with E-state index in [1.807, 2.05) is 6.07 Å². The van der Waals surface area contributed by atoms with Gasteiger partial charge >= 0.3 is 0 Å². The fourth-order valence-corrected chi connectivity index (χ4v) is 1.83. The van der Waals surface area contributed by atoms with Crippen molar-refractivity contribution in [3.63, 3.8) is 0 Å². The van der Waals surface area contributed by atoms with E-state index in [1.54, 1.807) is 6.07 Å². The Kier molecular flexibility index (Phi) is 1.95. The number of phenols is 1. The number of carbonyl (C=O) groups is 1. The molecule has 2 N–H and O–H groups in total. The molecule has 1 unspecified atom stereocenters. The quantitative estimate of drug-likeness (QED) is 0.711. The van der Waals surface area contributed by atoms with Gasteiger partial charge in [0.05, 0.1) is 6.04 Å². The molecule has 0 bridgehead atoms. The minimum absolute atomic E-state index is 0.0816. The lowest BCUT2D eigenvalue weighted by atomic mass is 9.96. The fraction of sp³-hybridized carbons (Fsp3) is 0.364. The van der Waals surface area contributed by atoms with Crippen LogP contribution in [0, 0.1) is 5.92 Å². The lowest BCUT2D eigenvalue weighted by Crippen LogP contribution is -2.22. The number of amides is 1. The predicted octanol–water partition coefficient (Wildman–Crippen LogP) is 1.83. The molecule has 0 aliphatic carbocycles. The zero-order valence-corrected chi connectivity index (χ0v) is 8.24. The van der Waals surface area contributed by atoms with Crippen LogP contribution in [0.5, 0.6) is 5.75 Å². The highest BCUT2D eigenvalue weighted by atomic mass is 16.3. The molecule has 1 aliphatic rings. The molecule has 0 aromatic heterocycles. The van der Waals surface area contributed by atoms with Crippen molar-refractivity contribution in [1.82, 2.24) is 5.32 Å². The maximum atomic E-state index is 11.5. The van der Waals surface area contributed by atoms with Crippen molar-refractivity contribution in [3.8, 4) is 5.75 Å². The van der Waals surface area contributed by atoms with Crippen LogP contribution in [0.1, 0.15) is 35.8 Å². The summed E-state index contributed by atoms with van der Waals surface area (Å²) in [5.41, 5.74) is 1.59. The topological polar surface area (TPSA) is 49.3 Å². The SMILES string of the molecule is CC(C)C1NC(=O)c2cc(O)ccc21. The number of rotatable bonds is 1. The molecule has 1 atom stereocenters. The van der Waals surface area contributed by atoms with Crippen LogP contribution in [0.3, 0.4) is 0 Å². The molecular formula is C11H13NO2. The van der Waals surface area contributed by atoms with Crippen LogP contribution >= 0.6 is 0 Å². The van der Waals surface area contributed by atoms with Crippen LogP contribution in [-0.2, 0) is 0 Å². The summed E-state index contributed by atoms with van der Waals surface area (Å²) in [6, 6.07) is 5.03. The highest BCUT2D eigenvalue weighted by Gasteiger charge is 2.30. The van der Waals surface area contributed by atoms with Gasteiger partial charge in [0.1, 0.15) is 5.75 Å². The Balaban J connectivity index is 2.50. The molecule has 14 heavy (non-hydrogen) atoms. The van der Waals surface area contributed by atoms with Gasteiger partial charge in [0.15, 0.2) is 0 Å². The van der Waals surface area contributed by atoms with Crippen molar-refractivity contribution in [2.24, 2.45) is 5.92 Å². The third kappa shape index (κ3) is 1.25. The fourth-order valence-electron chi connectivity index (χ4n) is 1.83. The van der Waals surface area contributed by atoms with Gasteiger partial charge in [-0.25, -0.2) is 0 Å². The first-order valence-corrected chi connectivity index (χ1v) is 4.73. The van der Waals surface area contributed by atoms with E-state index in [0.717, 1.165) is 5.56 Å². The lowest BCUT2D eigenvalue weighted by Gasteiger charge is -2.15. The van der Waals surface area contributed by atoms with Gasteiger partial charge < -0.3 is 10.4 Å². The molecular weight excluding hydrogens is 178 g/mol. The summed E-state index contributed by atoms with van der Waals surface area (Å²) < 4.78 is 0. The van der Waals surface area contributed by atoms with E-state index in [0.29, 0.717) is 11.5 Å². The average molecular weight is 191 g/mol. The van der Waals surface area contributed by atoms with Gasteiger partial charge in [-0.2, -0.15) is 0 Å². The van der Waals surface area contributed by atoms with Crippen LogP contribution in [0.25, 0.3) is 0 Å². The number of nitrogens with one attached hydrogen (secondary N) is 1. The van der Waals surface area contributed by atoms with Crippen LogP contribution in [0.15, 0.2) is 18.2 Å². The number of benzene rings is 1. The average Bonchev–Trinajstić information content (AvgIpc) is 2.44. The molecule has 1 aliphatic heterocycles. The largest absolute Gasteiger partial charge is 0.508 e. The van der Waals surface area contributed by atoms with Crippen LogP contribution in [0.4, 0.5) is 0 Å². The van der Waals surface area contributed by atoms with Crippen molar-refractivity contribution >= 4 is 5.91 Å². The number of fused-ring (bicyclic) bond motifs is 1. The Labute approximate surface area is 82.8 Å². The molecule has 0 fully saturated rings. The standard InChI is InChI=1S/C11H13NO2/c1-6(2)10-8-4-3-7(13)5-9(8)11(14)12-10/h3-6,10,13H,1-2H3,(H,12,14). The van der Waals surface area contributed by atoms with Gasteiger partial charge in [0, 0.05) is 5.56 Å². The second-order valence-electron chi connectivity index (χ2n) is 3.97. The number of carbonyl (C=O) groups excluding carboxylic acids is 1. The minimum Gasteiger partial charge on any atom is -0.508 e. The van der Waals surface area contributed by atoms with E-state index in [1.165, 1.54) is 6.07 Å². The van der Waals surface area contributed by atoms with Gasteiger partial charge in [-0.15, -0.1) is 0 Å². The van der Waals surface area contributed by atoms with Gasteiger partial charge in [0.25, 0.3) is 5.91 Å². The van der Waals surface area contributed by atoms with E-state index < -0.39 is 0 Å². The highest BCUT2D eigenvalue weighted by Crippen LogP contribution is 2.32. The first-order valence-electron chi connectivity index (χ1n) is 4.73. The van der Waals surface area contributed by atoms with Crippen LogP contribution < -0.4 is 5.32 Å². The first kappa shape index (κ1) is 9.06. The minimum atomic E-state index is -0.0883. The molecule has 0 saturated heterocycles. The number of hydrogen-bond donors (Lipinski definition) is 2. The Bertz CT molecular complexity index is 385. The normalized spacial score (nSPS) is 19.6. The Morgan fingerprint density at radius 2 is 2.14 bits per heavy atom. The third-order valence-corrected chi connectivity index (χ3v) is 2.57. The molecule has 3 heteroatoms. The maximum absolute atomic E-state index is 11.5. The van der Waals surface area contributed by atoms with Gasteiger partial charge in [-0.3, -0.25) is 4.79 Å². The van der Waals surface area contributed by atoms with E-state index >= 15 is 0 Å². The predicted molar refractivity (Wildman–Crippen MR) is 53.2 cm³/mol. The molecule has 3 nitrogen and oxygen atoms in total. The van der Waals surface area contributed by atoms with Crippen LogP contribution in [0.2, 0.25) is 0 Å². The summed E-state index contributed by atoms with van der Waals surface area (Å²) in [4.78, 5) is 11.5. The molecule has 74 valence electrons. The van der Waals surface area contributed by atoms with Gasteiger partial charge in [0.2, 0.25) is 0 Å². The third-order valence-electron chi connectivity index (χ3n) is 2.57. The molecule has 2 rings (SSSR count). The lowest BCUT2D eigenvalue weighted by molar-refractivity contribution is 0.0948. The summed E-state index contributed by atoms with van der Waals surface area (Å²) in [7, 11) is 0. The highest BCUT2D eigenvalue weighted by molar-refractivity contribution is 5.99. The second-order valence-corrected chi connectivity index (χ2v) is 3.97. The molecule has 0 spiro atoms. The van der Waals surface area contributed by atoms with E-state index in [-0.39, 0.29) is 17.7 Å². The Morgan fingerprint density at radius 3 is 2.79 bits per heavy atom. The first-order chi connectivity index (χ1) is 6.59. The van der Waals surface area contributed by atoms with Gasteiger partial charge in [-0.1, -0.05) is 19.9 Å². The summed E-state index contributed by atoms with van der Waals surface area (Å²) in [5, 5.41) is 12.2. The smallest absolute Gasteiger partial charge is 0.252 e. The van der Waals surface area contributed by atoms with Crippen molar-refractivity contribution < 1.29 is 9.90 Å². The number of aromatic hydroxyl groups is 1. The zero-order chi connectivity index (χ0) is 10.3. The second kappa shape index (κ2) is 3.01. The molecule has 1 aromatic rings. The number of hydrogen-bond acceptors (Lipinski definition) is 2. The molecule has 1 heterocycles. The Hall–Kier alpha value is -1.51. The summed E-state index contributed by atoms with van der Waals surface area (Å²) >= 11 is 0. The van der Waals surface area contributed by atoms with Crippen LogP contribution in [-0.4, -0.2) is 11.0 Å². The summed E-state index contributed by atoms with van der Waals surface area (Å²) in [6.07, 6.45) is 0. The van der Waals surface area contributed by atoms with E-state index in [9.17, 15) is 9.90 Å². The Morgan fingerprint density at radius 1 is 1.43 bits per heavy atom. The summed E-state index contributed by atoms with van der Waals surface area (Å²) in [6.45, 7) is 4.12. The number of phenolic OH excluding ortho intramolecular Hbond substituents is 1. The van der Waals surface area contributed by atoms with Gasteiger partial charge in [-0.05, 0) is 23.6 Å². The monoisotopic (exact) mass is 191 g/mol.